The van der Waals surface area contributed by atoms with E-state index < -0.39 is 0 Å². The molecule has 0 unspecified atom stereocenters. The summed E-state index contributed by atoms with van der Waals surface area (Å²) in [5.41, 5.74) is 0.451. The summed E-state index contributed by atoms with van der Waals surface area (Å²) in [5, 5.41) is 0. The van der Waals surface area contributed by atoms with Gasteiger partial charge in [0.05, 0.1) is 7.11 Å². The van der Waals surface area contributed by atoms with E-state index in [1.54, 1.807) is 0 Å². The second-order valence-electron chi connectivity index (χ2n) is 5.59. The van der Waals surface area contributed by atoms with Crippen LogP contribution in [0.3, 0.4) is 0 Å². The first-order chi connectivity index (χ1) is 6.77. The SMILES string of the molecule is CCCC(C)(C)C(C)(C)CCC(=O)OC. The minimum atomic E-state index is -0.102. The van der Waals surface area contributed by atoms with E-state index in [0.717, 1.165) is 6.42 Å². The summed E-state index contributed by atoms with van der Waals surface area (Å²) in [4.78, 5) is 11.1. The molecule has 0 atom stereocenters. The van der Waals surface area contributed by atoms with E-state index in [9.17, 15) is 4.79 Å². The minimum Gasteiger partial charge on any atom is -0.469 e. The standard InChI is InChI=1S/C13H26O2/c1-7-9-12(2,3)13(4,5)10-8-11(14)15-6/h7-10H2,1-6H3. The molecule has 0 saturated carbocycles. The van der Waals surface area contributed by atoms with Crippen LogP contribution in [0.1, 0.15) is 60.3 Å². The van der Waals surface area contributed by atoms with Gasteiger partial charge in [-0.05, 0) is 23.7 Å². The molecule has 0 aliphatic heterocycles. The molecule has 0 spiro atoms. The first-order valence-corrected chi connectivity index (χ1v) is 5.83. The summed E-state index contributed by atoms with van der Waals surface area (Å²) >= 11 is 0. The van der Waals surface area contributed by atoms with E-state index in [1.807, 2.05) is 0 Å². The van der Waals surface area contributed by atoms with Gasteiger partial charge >= 0.3 is 5.97 Å². The van der Waals surface area contributed by atoms with Crippen molar-refractivity contribution in [1.82, 2.24) is 0 Å². The van der Waals surface area contributed by atoms with E-state index >= 15 is 0 Å². The summed E-state index contributed by atoms with van der Waals surface area (Å²) in [6.45, 7) is 11.3. The highest BCUT2D eigenvalue weighted by Crippen LogP contribution is 2.45. The lowest BCUT2D eigenvalue weighted by molar-refractivity contribution is -0.141. The molecular formula is C13H26O2. The highest BCUT2D eigenvalue weighted by atomic mass is 16.5. The van der Waals surface area contributed by atoms with E-state index in [-0.39, 0.29) is 16.8 Å². The maximum absolute atomic E-state index is 11.1. The van der Waals surface area contributed by atoms with Crippen LogP contribution in [0.25, 0.3) is 0 Å². The van der Waals surface area contributed by atoms with Crippen molar-refractivity contribution in [3.63, 3.8) is 0 Å². The first-order valence-electron chi connectivity index (χ1n) is 5.83. The van der Waals surface area contributed by atoms with E-state index in [0.29, 0.717) is 6.42 Å². The number of rotatable bonds is 6. The maximum atomic E-state index is 11.1. The molecule has 2 nitrogen and oxygen atoms in total. The van der Waals surface area contributed by atoms with Gasteiger partial charge in [0.25, 0.3) is 0 Å². The third kappa shape index (κ3) is 4.23. The molecule has 2 heteroatoms. The van der Waals surface area contributed by atoms with Crippen molar-refractivity contribution in [3.8, 4) is 0 Å². The monoisotopic (exact) mass is 214 g/mol. The zero-order valence-corrected chi connectivity index (χ0v) is 11.1. The van der Waals surface area contributed by atoms with Gasteiger partial charge in [0, 0.05) is 6.42 Å². The fraction of sp³-hybridized carbons (Fsp3) is 0.923. The number of carbonyl (C=O) groups excluding carboxylic acids is 1. The molecule has 15 heavy (non-hydrogen) atoms. The number of esters is 1. The van der Waals surface area contributed by atoms with Gasteiger partial charge in [0.15, 0.2) is 0 Å². The summed E-state index contributed by atoms with van der Waals surface area (Å²) in [6, 6.07) is 0. The van der Waals surface area contributed by atoms with Crippen molar-refractivity contribution in [2.45, 2.75) is 60.3 Å². The molecule has 0 aliphatic carbocycles. The second-order valence-corrected chi connectivity index (χ2v) is 5.59. The lowest BCUT2D eigenvalue weighted by Crippen LogP contribution is -2.33. The summed E-state index contributed by atoms with van der Waals surface area (Å²) in [7, 11) is 1.45. The van der Waals surface area contributed by atoms with Crippen LogP contribution in [0.15, 0.2) is 0 Å². The summed E-state index contributed by atoms with van der Waals surface area (Å²) in [5.74, 6) is -0.102. The normalized spacial score (nSPS) is 12.7. The lowest BCUT2D eigenvalue weighted by Gasteiger charge is -2.42. The van der Waals surface area contributed by atoms with Gasteiger partial charge in [-0.1, -0.05) is 41.0 Å². The van der Waals surface area contributed by atoms with Crippen LogP contribution in [0.2, 0.25) is 0 Å². The molecule has 0 aromatic heterocycles. The van der Waals surface area contributed by atoms with E-state index in [1.165, 1.54) is 20.0 Å². The molecule has 0 fully saturated rings. The maximum Gasteiger partial charge on any atom is 0.305 e. The fourth-order valence-corrected chi connectivity index (χ4v) is 1.82. The van der Waals surface area contributed by atoms with Gasteiger partial charge in [-0.2, -0.15) is 0 Å². The molecule has 0 radical (unpaired) electrons. The molecule has 0 rings (SSSR count). The van der Waals surface area contributed by atoms with Crippen LogP contribution in [0.5, 0.6) is 0 Å². The zero-order chi connectivity index (χ0) is 12.1. The number of hydrogen-bond donors (Lipinski definition) is 0. The van der Waals surface area contributed by atoms with Gasteiger partial charge in [-0.25, -0.2) is 0 Å². The second kappa shape index (κ2) is 5.53. The highest BCUT2D eigenvalue weighted by Gasteiger charge is 2.36. The van der Waals surface area contributed by atoms with Gasteiger partial charge in [-0.3, -0.25) is 4.79 Å². The third-order valence-electron chi connectivity index (χ3n) is 3.89. The topological polar surface area (TPSA) is 26.3 Å². The van der Waals surface area contributed by atoms with Crippen molar-refractivity contribution in [2.75, 3.05) is 7.11 Å². The molecule has 0 saturated heterocycles. The summed E-state index contributed by atoms with van der Waals surface area (Å²) < 4.78 is 4.68. The Balaban J connectivity index is 4.33. The molecular weight excluding hydrogens is 188 g/mol. The Morgan fingerprint density at radius 2 is 1.53 bits per heavy atom. The highest BCUT2D eigenvalue weighted by molar-refractivity contribution is 5.69. The van der Waals surface area contributed by atoms with Crippen molar-refractivity contribution >= 4 is 5.97 Å². The van der Waals surface area contributed by atoms with Crippen molar-refractivity contribution < 1.29 is 9.53 Å². The van der Waals surface area contributed by atoms with Gasteiger partial charge in [-0.15, -0.1) is 0 Å². The molecule has 0 N–H and O–H groups in total. The quantitative estimate of drug-likeness (QED) is 0.629. The Morgan fingerprint density at radius 1 is 1.07 bits per heavy atom. The van der Waals surface area contributed by atoms with Crippen LogP contribution in [-0.4, -0.2) is 13.1 Å². The predicted octanol–water partition coefficient (Wildman–Crippen LogP) is 3.79. The van der Waals surface area contributed by atoms with Gasteiger partial charge in [0.2, 0.25) is 0 Å². The van der Waals surface area contributed by atoms with Crippen LogP contribution in [0.4, 0.5) is 0 Å². The molecule has 0 heterocycles. The Morgan fingerprint density at radius 3 is 1.93 bits per heavy atom. The summed E-state index contributed by atoms with van der Waals surface area (Å²) in [6.07, 6.45) is 3.80. The van der Waals surface area contributed by atoms with Crippen molar-refractivity contribution in [3.05, 3.63) is 0 Å². The Kier molecular flexibility index (Phi) is 5.33. The van der Waals surface area contributed by atoms with Crippen LogP contribution < -0.4 is 0 Å². The average molecular weight is 214 g/mol. The number of carbonyl (C=O) groups is 1. The number of methoxy groups -OCH3 is 1. The van der Waals surface area contributed by atoms with E-state index in [2.05, 4.69) is 39.4 Å². The van der Waals surface area contributed by atoms with Crippen molar-refractivity contribution in [2.24, 2.45) is 10.8 Å². The van der Waals surface area contributed by atoms with E-state index in [4.69, 9.17) is 0 Å². The zero-order valence-electron chi connectivity index (χ0n) is 11.1. The first kappa shape index (κ1) is 14.5. The Hall–Kier alpha value is -0.530. The van der Waals surface area contributed by atoms with Gasteiger partial charge < -0.3 is 4.74 Å². The van der Waals surface area contributed by atoms with Crippen LogP contribution in [-0.2, 0) is 9.53 Å². The van der Waals surface area contributed by atoms with Crippen LogP contribution in [0, 0.1) is 10.8 Å². The molecule has 0 aromatic carbocycles. The number of ether oxygens (including phenoxy) is 1. The third-order valence-corrected chi connectivity index (χ3v) is 3.89. The average Bonchev–Trinajstić information content (AvgIpc) is 2.14. The lowest BCUT2D eigenvalue weighted by atomic mass is 9.63. The smallest absolute Gasteiger partial charge is 0.305 e. The predicted molar refractivity (Wildman–Crippen MR) is 63.7 cm³/mol. The molecule has 90 valence electrons. The largest absolute Gasteiger partial charge is 0.469 e. The Bertz CT molecular complexity index is 205. The van der Waals surface area contributed by atoms with Gasteiger partial charge in [0.1, 0.15) is 0 Å². The van der Waals surface area contributed by atoms with Crippen LogP contribution >= 0.6 is 0 Å². The molecule has 0 aliphatic rings. The van der Waals surface area contributed by atoms with Crippen molar-refractivity contribution in [1.29, 1.82) is 0 Å². The fourth-order valence-electron chi connectivity index (χ4n) is 1.82. The Labute approximate surface area is 94.4 Å². The molecule has 0 amide bonds. The number of hydrogen-bond acceptors (Lipinski definition) is 2. The molecule has 0 aromatic rings. The molecule has 0 bridgehead atoms. The minimum absolute atomic E-state index is 0.102.